The van der Waals surface area contributed by atoms with Gasteiger partial charge >= 0.3 is 12.1 Å². The van der Waals surface area contributed by atoms with Crippen molar-refractivity contribution < 1.29 is 9.59 Å². The van der Waals surface area contributed by atoms with Gasteiger partial charge in [-0.1, -0.05) is 20.8 Å². The quantitative estimate of drug-likeness (QED) is 0.569. The number of amides is 4. The number of hydrogen-bond donors (Lipinski definition) is 4. The third kappa shape index (κ3) is 5.25. The van der Waals surface area contributed by atoms with Crippen LogP contribution < -0.4 is 21.7 Å². The molecule has 0 aromatic carbocycles. The van der Waals surface area contributed by atoms with Crippen molar-refractivity contribution in [2.45, 2.75) is 46.1 Å². The largest absolute Gasteiger partial charge is 0.352 e. The van der Waals surface area contributed by atoms with Crippen LogP contribution in [0.2, 0.25) is 0 Å². The molecule has 0 saturated heterocycles. The first kappa shape index (κ1) is 14.6. The van der Waals surface area contributed by atoms with Crippen molar-refractivity contribution in [2.24, 2.45) is 17.1 Å². The van der Waals surface area contributed by atoms with Gasteiger partial charge in [-0.3, -0.25) is 0 Å². The Bertz CT molecular complexity index is 317. The van der Waals surface area contributed by atoms with Gasteiger partial charge in [0.1, 0.15) is 0 Å². The van der Waals surface area contributed by atoms with E-state index in [4.69, 9.17) is 5.73 Å². The van der Waals surface area contributed by atoms with E-state index in [1.807, 2.05) is 0 Å². The van der Waals surface area contributed by atoms with E-state index in [0.717, 1.165) is 12.8 Å². The number of carbonyl (C=O) groups is 2. The summed E-state index contributed by atoms with van der Waals surface area (Å²) in [5.41, 5.74) is 5.16. The van der Waals surface area contributed by atoms with Crippen LogP contribution in [0.1, 0.15) is 40.0 Å². The standard InChI is InChI=1S/C12H24N4O2/c1-8-4-9(6-12(2,3)5-8)16-11(18)15-7-14-10(13)17/h8-9H,4-7H2,1-3H3,(H3,13,14,17)(H2,15,16,18). The Kier molecular flexibility index (Phi) is 4.81. The number of hydrogen-bond acceptors (Lipinski definition) is 2. The first-order valence-corrected chi connectivity index (χ1v) is 6.36. The molecule has 104 valence electrons. The van der Waals surface area contributed by atoms with E-state index in [-0.39, 0.29) is 24.2 Å². The maximum absolute atomic E-state index is 11.6. The Morgan fingerprint density at radius 1 is 1.28 bits per heavy atom. The molecule has 0 aliphatic heterocycles. The lowest BCUT2D eigenvalue weighted by atomic mass is 9.71. The molecule has 18 heavy (non-hydrogen) atoms. The highest BCUT2D eigenvalue weighted by atomic mass is 16.2. The second-order valence-electron chi connectivity index (χ2n) is 5.98. The second kappa shape index (κ2) is 5.93. The summed E-state index contributed by atoms with van der Waals surface area (Å²) in [6.45, 7) is 6.71. The molecule has 4 amide bonds. The molecule has 1 aliphatic rings. The summed E-state index contributed by atoms with van der Waals surface area (Å²) >= 11 is 0. The van der Waals surface area contributed by atoms with E-state index >= 15 is 0 Å². The topological polar surface area (TPSA) is 96.2 Å². The van der Waals surface area contributed by atoms with Gasteiger partial charge in [0, 0.05) is 6.04 Å². The van der Waals surface area contributed by atoms with Gasteiger partial charge < -0.3 is 21.7 Å². The molecule has 0 heterocycles. The van der Waals surface area contributed by atoms with Crippen molar-refractivity contribution in [1.29, 1.82) is 0 Å². The molecular formula is C12H24N4O2. The Balaban J connectivity index is 2.33. The summed E-state index contributed by atoms with van der Waals surface area (Å²) < 4.78 is 0. The van der Waals surface area contributed by atoms with Crippen LogP contribution >= 0.6 is 0 Å². The average Bonchev–Trinajstić information content (AvgIpc) is 2.12. The van der Waals surface area contributed by atoms with Crippen molar-refractivity contribution in [3.05, 3.63) is 0 Å². The highest BCUT2D eigenvalue weighted by molar-refractivity contribution is 5.75. The van der Waals surface area contributed by atoms with Crippen LogP contribution in [0.3, 0.4) is 0 Å². The first-order chi connectivity index (χ1) is 8.28. The van der Waals surface area contributed by atoms with Gasteiger partial charge in [-0.15, -0.1) is 0 Å². The van der Waals surface area contributed by atoms with Crippen molar-refractivity contribution in [3.63, 3.8) is 0 Å². The van der Waals surface area contributed by atoms with Gasteiger partial charge in [-0.05, 0) is 30.6 Å². The molecule has 2 atom stereocenters. The van der Waals surface area contributed by atoms with Crippen molar-refractivity contribution >= 4 is 12.1 Å². The van der Waals surface area contributed by atoms with Crippen LogP contribution in [0.5, 0.6) is 0 Å². The monoisotopic (exact) mass is 256 g/mol. The summed E-state index contributed by atoms with van der Waals surface area (Å²) in [4.78, 5) is 22.0. The molecule has 1 aliphatic carbocycles. The minimum absolute atomic E-state index is 0.0484. The van der Waals surface area contributed by atoms with E-state index in [0.29, 0.717) is 5.92 Å². The molecule has 6 heteroatoms. The number of urea groups is 2. The van der Waals surface area contributed by atoms with Gasteiger partial charge in [-0.2, -0.15) is 0 Å². The number of nitrogens with two attached hydrogens (primary N) is 1. The maximum atomic E-state index is 11.6. The molecule has 0 radical (unpaired) electrons. The molecule has 1 rings (SSSR count). The maximum Gasteiger partial charge on any atom is 0.316 e. The molecule has 1 saturated carbocycles. The fourth-order valence-corrected chi connectivity index (χ4v) is 2.90. The Labute approximate surface area is 108 Å². The van der Waals surface area contributed by atoms with Crippen LogP contribution in [0.4, 0.5) is 9.59 Å². The normalized spacial score (nSPS) is 26.2. The summed E-state index contributed by atoms with van der Waals surface area (Å²) in [6.07, 6.45) is 3.17. The Hall–Kier alpha value is -1.46. The molecule has 1 fully saturated rings. The number of carbonyl (C=O) groups excluding carboxylic acids is 2. The summed E-state index contributed by atoms with van der Waals surface area (Å²) in [7, 11) is 0. The third-order valence-corrected chi connectivity index (χ3v) is 3.23. The second-order valence-corrected chi connectivity index (χ2v) is 5.98. The molecule has 0 bridgehead atoms. The highest BCUT2D eigenvalue weighted by Gasteiger charge is 2.32. The summed E-state index contributed by atoms with van der Waals surface area (Å²) in [5.74, 6) is 0.614. The van der Waals surface area contributed by atoms with Crippen LogP contribution in [0.25, 0.3) is 0 Å². The van der Waals surface area contributed by atoms with Crippen molar-refractivity contribution in [2.75, 3.05) is 6.67 Å². The minimum Gasteiger partial charge on any atom is -0.352 e. The number of rotatable bonds is 3. The van der Waals surface area contributed by atoms with Crippen molar-refractivity contribution in [3.8, 4) is 0 Å². The summed E-state index contributed by atoms with van der Waals surface area (Å²) in [5, 5.41) is 7.78. The zero-order chi connectivity index (χ0) is 13.8. The number of nitrogens with one attached hydrogen (secondary N) is 3. The Morgan fingerprint density at radius 2 is 1.94 bits per heavy atom. The van der Waals surface area contributed by atoms with Gasteiger partial charge in [0.2, 0.25) is 0 Å². The molecule has 5 N–H and O–H groups in total. The van der Waals surface area contributed by atoms with E-state index in [1.165, 1.54) is 6.42 Å². The predicted molar refractivity (Wildman–Crippen MR) is 69.8 cm³/mol. The SMILES string of the molecule is CC1CC(NC(=O)NCNC(N)=O)CC(C)(C)C1. The smallest absolute Gasteiger partial charge is 0.316 e. The third-order valence-electron chi connectivity index (χ3n) is 3.23. The highest BCUT2D eigenvalue weighted by Crippen LogP contribution is 2.38. The van der Waals surface area contributed by atoms with Gasteiger partial charge in [0.25, 0.3) is 0 Å². The van der Waals surface area contributed by atoms with Crippen LogP contribution in [0, 0.1) is 11.3 Å². The fourth-order valence-electron chi connectivity index (χ4n) is 2.90. The molecule has 0 spiro atoms. The zero-order valence-electron chi connectivity index (χ0n) is 11.4. The van der Waals surface area contributed by atoms with Crippen LogP contribution in [-0.2, 0) is 0 Å². The molecule has 6 nitrogen and oxygen atoms in total. The predicted octanol–water partition coefficient (Wildman–Crippen LogP) is 1.13. The van der Waals surface area contributed by atoms with E-state index < -0.39 is 6.03 Å². The summed E-state index contributed by atoms with van der Waals surface area (Å²) in [6, 6.07) is -0.723. The lowest BCUT2D eigenvalue weighted by Gasteiger charge is -2.39. The van der Waals surface area contributed by atoms with Crippen LogP contribution in [0.15, 0.2) is 0 Å². The van der Waals surface area contributed by atoms with E-state index in [2.05, 4.69) is 36.7 Å². The molecule has 2 unspecified atom stereocenters. The lowest BCUT2D eigenvalue weighted by molar-refractivity contribution is 0.152. The van der Waals surface area contributed by atoms with Crippen LogP contribution in [-0.4, -0.2) is 24.8 Å². The van der Waals surface area contributed by atoms with Gasteiger partial charge in [0.15, 0.2) is 0 Å². The molecule has 0 aromatic heterocycles. The molecular weight excluding hydrogens is 232 g/mol. The Morgan fingerprint density at radius 3 is 2.50 bits per heavy atom. The fraction of sp³-hybridized carbons (Fsp3) is 0.833. The van der Waals surface area contributed by atoms with E-state index in [9.17, 15) is 9.59 Å². The zero-order valence-corrected chi connectivity index (χ0v) is 11.4. The number of primary amides is 1. The molecule has 0 aromatic rings. The lowest BCUT2D eigenvalue weighted by Crippen LogP contribution is -2.49. The first-order valence-electron chi connectivity index (χ1n) is 6.36. The van der Waals surface area contributed by atoms with E-state index in [1.54, 1.807) is 0 Å². The minimum atomic E-state index is -0.650. The average molecular weight is 256 g/mol. The van der Waals surface area contributed by atoms with Gasteiger partial charge in [0.05, 0.1) is 6.67 Å². The van der Waals surface area contributed by atoms with Gasteiger partial charge in [-0.25, -0.2) is 9.59 Å². The van der Waals surface area contributed by atoms with Crippen molar-refractivity contribution in [1.82, 2.24) is 16.0 Å².